The molecule has 0 aromatic rings. The third kappa shape index (κ3) is 25.1. The summed E-state index contributed by atoms with van der Waals surface area (Å²) in [6, 6.07) is -0.432. The zero-order chi connectivity index (χ0) is 37.7. The van der Waals surface area contributed by atoms with E-state index in [4.69, 9.17) is 22.6 Å². The number of nitrogens with zero attached hydrogens (tertiary/aromatic N) is 1. The number of ketones is 1. The highest BCUT2D eigenvalue weighted by Crippen LogP contribution is 2.34. The molecule has 1 heterocycles. The average molecular weight is 700 g/mol. The molecule has 0 aromatic carbocycles. The molecule has 13 heteroatoms. The molecule has 3 rings (SSSR count). The maximum absolute atomic E-state index is 11.0. The molecule has 0 radical (unpaired) electrons. The second-order valence-corrected chi connectivity index (χ2v) is 13.7. The summed E-state index contributed by atoms with van der Waals surface area (Å²) in [4.78, 5) is 65.8. The Hall–Kier alpha value is -3.58. The molecule has 0 bridgehead atoms. The monoisotopic (exact) mass is 700 g/mol. The van der Waals surface area contributed by atoms with Gasteiger partial charge in [0.15, 0.2) is 0 Å². The number of aliphatic imine (C=N–C) groups is 1. The Bertz CT molecular complexity index is 1030. The molecule has 0 spiro atoms. The molecule has 3 atom stereocenters. The van der Waals surface area contributed by atoms with Crippen molar-refractivity contribution in [3.8, 4) is 0 Å². The van der Waals surface area contributed by atoms with Crippen LogP contribution >= 0.6 is 0 Å². The van der Waals surface area contributed by atoms with Gasteiger partial charge in [-0.1, -0.05) is 85.5 Å². The molecule has 3 amide bonds. The number of Topliss-reactive ketones (excluding diaryl/α,β-unsaturated/α-hetero) is 1. The standard InChI is InChI=1S/C10H18N2O.C8H16N2O.C7H13NO2.C6H12O.C5H6N2O.4H2/c11-10(13)9-8(6-12-9)7-4-2-1-3-5-7;9-7(8(10)11)6-4-2-1-3-5-6;1-3-4-5-6(9)7(10)8-2;1-6(2,3)4-5-7;6-2-4-7-3-1-5-8;;;;/h7-9,12H,1-6H2,(H2,11,13);6-7H,1-5,9H2,(H2,10,11);3-5H2,1-2H3,(H,8,10);5H,4H2,1-3H3;1-6H;4*1H/b;;;;3-1+,6-2?,7-4?;;;;/t8-,9?;7-;;;;;;;/m01......./s1. The van der Waals surface area contributed by atoms with Crippen LogP contribution in [-0.2, 0) is 28.8 Å². The van der Waals surface area contributed by atoms with E-state index in [9.17, 15) is 28.8 Å². The first kappa shape index (κ1) is 47.5. The molecule has 1 saturated heterocycles. The predicted octanol–water partition coefficient (Wildman–Crippen LogP) is 4.54. The van der Waals surface area contributed by atoms with Crippen molar-refractivity contribution in [1.29, 1.82) is 5.41 Å². The van der Waals surface area contributed by atoms with E-state index < -0.39 is 11.9 Å². The first-order valence-corrected chi connectivity index (χ1v) is 17.6. The number of carbonyl (C=O) groups excluding carboxylic acids is 6. The van der Waals surface area contributed by atoms with Crippen molar-refractivity contribution in [2.24, 2.45) is 45.4 Å². The maximum Gasteiger partial charge on any atom is 0.287 e. The van der Waals surface area contributed by atoms with Gasteiger partial charge in [-0.05, 0) is 48.5 Å². The van der Waals surface area contributed by atoms with Crippen LogP contribution in [0.5, 0.6) is 0 Å². The number of rotatable bonds is 12. The van der Waals surface area contributed by atoms with Crippen LogP contribution in [-0.4, -0.2) is 74.2 Å². The fourth-order valence-corrected chi connectivity index (χ4v) is 5.43. The van der Waals surface area contributed by atoms with Gasteiger partial charge >= 0.3 is 0 Å². The summed E-state index contributed by atoms with van der Waals surface area (Å²) < 4.78 is 0. The van der Waals surface area contributed by atoms with Crippen LogP contribution in [0, 0.1) is 28.6 Å². The quantitative estimate of drug-likeness (QED) is 0.0730. The van der Waals surface area contributed by atoms with Crippen LogP contribution in [0.3, 0.4) is 0 Å². The van der Waals surface area contributed by atoms with Crippen molar-refractivity contribution in [2.45, 2.75) is 130 Å². The van der Waals surface area contributed by atoms with Crippen molar-refractivity contribution < 1.29 is 34.5 Å². The zero-order valence-electron chi connectivity index (χ0n) is 30.6. The van der Waals surface area contributed by atoms with Crippen LogP contribution in [0.15, 0.2) is 17.3 Å². The molecule has 288 valence electrons. The van der Waals surface area contributed by atoms with Crippen LogP contribution in [0.2, 0.25) is 0 Å². The van der Waals surface area contributed by atoms with Crippen LogP contribution in [0.25, 0.3) is 0 Å². The summed E-state index contributed by atoms with van der Waals surface area (Å²) in [6.45, 7) is 9.11. The van der Waals surface area contributed by atoms with Crippen LogP contribution < -0.4 is 27.8 Å². The number of amides is 3. The van der Waals surface area contributed by atoms with Crippen LogP contribution in [0.4, 0.5) is 0 Å². The second kappa shape index (κ2) is 29.3. The predicted molar refractivity (Wildman–Crippen MR) is 204 cm³/mol. The lowest BCUT2D eigenvalue weighted by Crippen LogP contribution is -2.62. The summed E-state index contributed by atoms with van der Waals surface area (Å²) >= 11 is 0. The van der Waals surface area contributed by atoms with Gasteiger partial charge < -0.3 is 38.0 Å². The molecular formula is C36H73N7O6. The van der Waals surface area contributed by atoms with Crippen LogP contribution in [0.1, 0.15) is 123 Å². The Balaban J connectivity index is -0.000000130. The lowest BCUT2D eigenvalue weighted by atomic mass is 9.73. The molecule has 2 saturated carbocycles. The van der Waals surface area contributed by atoms with Crippen molar-refractivity contribution in [2.75, 3.05) is 13.6 Å². The van der Waals surface area contributed by atoms with E-state index >= 15 is 0 Å². The highest BCUT2D eigenvalue weighted by molar-refractivity contribution is 6.36. The van der Waals surface area contributed by atoms with Gasteiger partial charge in [-0.2, -0.15) is 0 Å². The second-order valence-electron chi connectivity index (χ2n) is 13.7. The third-order valence-electron chi connectivity index (χ3n) is 8.39. The number of allylic oxidation sites excluding steroid dienone is 1. The highest BCUT2D eigenvalue weighted by atomic mass is 16.2. The Kier molecular flexibility index (Phi) is 28.5. The van der Waals surface area contributed by atoms with E-state index in [2.05, 4.69) is 15.6 Å². The van der Waals surface area contributed by atoms with E-state index in [-0.39, 0.29) is 34.8 Å². The summed E-state index contributed by atoms with van der Waals surface area (Å²) in [6.07, 6.45) is 21.7. The van der Waals surface area contributed by atoms with E-state index in [1.54, 1.807) is 0 Å². The minimum absolute atomic E-state index is 0. The molecule has 3 aliphatic rings. The number of aldehydes is 2. The zero-order valence-corrected chi connectivity index (χ0v) is 30.6. The van der Waals surface area contributed by atoms with Gasteiger partial charge in [0.2, 0.25) is 17.6 Å². The molecule has 3 fully saturated rings. The smallest absolute Gasteiger partial charge is 0.287 e. The van der Waals surface area contributed by atoms with Crippen molar-refractivity contribution >= 4 is 48.5 Å². The van der Waals surface area contributed by atoms with E-state index in [0.29, 0.717) is 31.0 Å². The largest absolute Gasteiger partial charge is 0.368 e. The first-order valence-electron chi connectivity index (χ1n) is 17.6. The average Bonchev–Trinajstić information content (AvgIpc) is 3.05. The number of nitrogens with two attached hydrogens (primary N) is 3. The maximum atomic E-state index is 11.0. The minimum Gasteiger partial charge on any atom is -0.368 e. The normalized spacial score (nSPS) is 19.7. The topological polar surface area (TPSA) is 241 Å². The summed E-state index contributed by atoms with van der Waals surface area (Å²) in [5, 5.41) is 11.8. The van der Waals surface area contributed by atoms with Gasteiger partial charge in [0.1, 0.15) is 12.6 Å². The van der Waals surface area contributed by atoms with Gasteiger partial charge in [0.25, 0.3) is 5.91 Å². The lowest BCUT2D eigenvalue weighted by Gasteiger charge is -2.42. The van der Waals surface area contributed by atoms with Crippen molar-refractivity contribution in [1.82, 2.24) is 10.6 Å². The summed E-state index contributed by atoms with van der Waals surface area (Å²) in [7, 11) is 1.46. The van der Waals surface area contributed by atoms with E-state index in [0.717, 1.165) is 50.6 Å². The van der Waals surface area contributed by atoms with E-state index in [1.807, 2.05) is 27.7 Å². The highest BCUT2D eigenvalue weighted by Gasteiger charge is 2.40. The molecular weight excluding hydrogens is 626 g/mol. The van der Waals surface area contributed by atoms with Gasteiger partial charge in [-0.25, -0.2) is 0 Å². The number of carbonyl (C=O) groups is 6. The minimum atomic E-state index is -0.478. The lowest BCUT2D eigenvalue weighted by molar-refractivity contribution is -0.137. The summed E-state index contributed by atoms with van der Waals surface area (Å²) in [5.41, 5.74) is 16.2. The number of hydrogen-bond donors (Lipinski definition) is 6. The fraction of sp³-hybridized carbons (Fsp3) is 0.722. The SMILES string of the molecule is CC(C)(C)CC=O.CCCCC(=O)C(=O)NC.N=CC=N/C=C/C=O.NC(=O)C1NC[C@H]1C1CCCCC1.NC(=O)[C@H](N)C1CCCCC1.[HH].[HH].[HH].[HH]. The van der Waals surface area contributed by atoms with Gasteiger partial charge in [-0.3, -0.25) is 29.0 Å². The number of unbranched alkanes of at least 4 members (excludes halogenated alkanes) is 1. The first-order chi connectivity index (χ1) is 23.2. The van der Waals surface area contributed by atoms with Gasteiger partial charge in [0.05, 0.1) is 12.1 Å². The van der Waals surface area contributed by atoms with Gasteiger partial charge in [-0.15, -0.1) is 0 Å². The van der Waals surface area contributed by atoms with Crippen molar-refractivity contribution in [3.63, 3.8) is 0 Å². The molecule has 1 unspecified atom stereocenters. The Morgan fingerprint density at radius 2 is 1.57 bits per heavy atom. The Morgan fingerprint density at radius 1 is 1.00 bits per heavy atom. The molecule has 49 heavy (non-hydrogen) atoms. The molecule has 2 aliphatic carbocycles. The molecule has 1 aliphatic heterocycles. The number of primary amides is 2. The summed E-state index contributed by atoms with van der Waals surface area (Å²) in [5.74, 6) is 0.336. The Labute approximate surface area is 299 Å². The Morgan fingerprint density at radius 3 is 1.94 bits per heavy atom. The number of hydrogen-bond acceptors (Lipinski definition) is 10. The number of nitrogens with one attached hydrogen (secondary N) is 3. The molecule has 13 nitrogen and oxygen atoms in total. The van der Waals surface area contributed by atoms with Gasteiger partial charge in [0, 0.05) is 50.8 Å². The number of likely N-dealkylation sites (N-methyl/N-ethyl adjacent to an activating group) is 1. The van der Waals surface area contributed by atoms with E-state index in [1.165, 1.54) is 76.9 Å². The third-order valence-corrected chi connectivity index (χ3v) is 8.39. The fourth-order valence-electron chi connectivity index (χ4n) is 5.43. The molecule has 9 N–H and O–H groups in total. The molecule has 0 aromatic heterocycles. The van der Waals surface area contributed by atoms with Crippen molar-refractivity contribution in [3.05, 3.63) is 12.3 Å².